The summed E-state index contributed by atoms with van der Waals surface area (Å²) < 4.78 is 5.12. The summed E-state index contributed by atoms with van der Waals surface area (Å²) in [4.78, 5) is 11.9. The minimum atomic E-state index is 0.0461. The summed E-state index contributed by atoms with van der Waals surface area (Å²) in [6.45, 7) is 19.1. The Balaban J connectivity index is 0.000000432. The molecule has 0 aliphatic heterocycles. The van der Waals surface area contributed by atoms with Gasteiger partial charge >= 0.3 is 0 Å². The number of fused-ring (bicyclic) bond motifs is 1. The molecule has 2 aromatic carbocycles. The van der Waals surface area contributed by atoms with Crippen LogP contribution < -0.4 is 10.1 Å². The Bertz CT molecular complexity index is 1120. The maximum absolute atomic E-state index is 11.9. The van der Waals surface area contributed by atoms with Gasteiger partial charge in [-0.1, -0.05) is 72.7 Å². The smallest absolute Gasteiger partial charge is 0.156 e. The van der Waals surface area contributed by atoms with E-state index in [9.17, 15) is 4.79 Å². The molecule has 0 fully saturated rings. The van der Waals surface area contributed by atoms with Crippen LogP contribution >= 0.6 is 0 Å². The molecule has 0 saturated carbocycles. The lowest BCUT2D eigenvalue weighted by molar-refractivity contribution is -0.113. The van der Waals surface area contributed by atoms with Gasteiger partial charge in [-0.3, -0.25) is 4.79 Å². The fourth-order valence-corrected chi connectivity index (χ4v) is 4.85. The van der Waals surface area contributed by atoms with Crippen LogP contribution in [0.3, 0.4) is 0 Å². The van der Waals surface area contributed by atoms with Crippen molar-refractivity contribution < 1.29 is 14.6 Å². The number of carbonyl (C=O) groups is 1. The van der Waals surface area contributed by atoms with Crippen molar-refractivity contribution in [2.24, 2.45) is 0 Å². The van der Waals surface area contributed by atoms with E-state index in [0.29, 0.717) is 6.42 Å². The molecule has 0 amide bonds. The van der Waals surface area contributed by atoms with Gasteiger partial charge in [-0.05, 0) is 89.5 Å². The second-order valence-corrected chi connectivity index (χ2v) is 11.0. The quantitative estimate of drug-likeness (QED) is 0.217. The number of benzene rings is 2. The van der Waals surface area contributed by atoms with Crippen molar-refractivity contribution in [1.29, 1.82) is 0 Å². The van der Waals surface area contributed by atoms with E-state index in [2.05, 4.69) is 65.1 Å². The van der Waals surface area contributed by atoms with Crippen molar-refractivity contribution in [1.82, 2.24) is 0 Å². The van der Waals surface area contributed by atoms with Gasteiger partial charge in [-0.25, -0.2) is 0 Å². The number of ether oxygens (including phenoxy) is 1. The van der Waals surface area contributed by atoms with Gasteiger partial charge in [-0.2, -0.15) is 0 Å². The minimum absolute atomic E-state index is 0.0461. The number of aliphatic hydroxyl groups is 1. The van der Waals surface area contributed by atoms with Crippen LogP contribution in [0, 0.1) is 6.92 Å². The average Bonchev–Trinajstić information content (AvgIpc) is 2.90. The highest BCUT2D eigenvalue weighted by molar-refractivity contribution is 5.94. The Hall–Kier alpha value is -3.01. The molecule has 4 heteroatoms. The fraction of sp³-hybridized carbons (Fsp3) is 0.500. The number of allylic oxidation sites excluding steroid dienone is 3. The maximum Gasteiger partial charge on any atom is 0.156 e. The molecule has 0 unspecified atom stereocenters. The molecule has 210 valence electrons. The summed E-state index contributed by atoms with van der Waals surface area (Å²) in [5, 5.41) is 12.0. The number of aryl methyl sites for hydroxylation is 2. The third-order valence-corrected chi connectivity index (χ3v) is 7.49. The molecule has 0 saturated heterocycles. The summed E-state index contributed by atoms with van der Waals surface area (Å²) in [5.41, 5.74) is 8.85. The molecule has 2 aromatic rings. The van der Waals surface area contributed by atoms with E-state index in [1.807, 2.05) is 33.0 Å². The molecule has 1 aliphatic rings. The van der Waals surface area contributed by atoms with Crippen LogP contribution in [0.25, 0.3) is 0 Å². The Labute approximate surface area is 232 Å². The molecule has 4 nitrogen and oxygen atoms in total. The lowest BCUT2D eigenvalue weighted by Crippen LogP contribution is -2.34. The van der Waals surface area contributed by atoms with E-state index in [1.54, 1.807) is 20.1 Å². The number of carbonyl (C=O) groups excluding carboxylic acids is 1. The zero-order chi connectivity index (χ0) is 29.1. The van der Waals surface area contributed by atoms with E-state index in [-0.39, 0.29) is 16.6 Å². The van der Waals surface area contributed by atoms with E-state index >= 15 is 0 Å². The molecule has 1 aliphatic carbocycles. The summed E-state index contributed by atoms with van der Waals surface area (Å²) in [6, 6.07) is 10.7. The van der Waals surface area contributed by atoms with Gasteiger partial charge in [0.25, 0.3) is 0 Å². The zero-order valence-corrected chi connectivity index (χ0v) is 25.7. The number of methoxy groups -OCH3 is 1. The van der Waals surface area contributed by atoms with Gasteiger partial charge in [0.2, 0.25) is 0 Å². The zero-order valence-electron chi connectivity index (χ0n) is 25.7. The first-order valence-corrected chi connectivity index (χ1v) is 13.9. The van der Waals surface area contributed by atoms with Crippen molar-refractivity contribution in [2.45, 2.75) is 98.8 Å². The van der Waals surface area contributed by atoms with Gasteiger partial charge in [-0.15, -0.1) is 0 Å². The number of hydrogen-bond acceptors (Lipinski definition) is 4. The van der Waals surface area contributed by atoms with Crippen LogP contribution in [0.15, 0.2) is 54.3 Å². The lowest BCUT2D eigenvalue weighted by atomic mass is 9.62. The molecular formula is C34H51NO3. The van der Waals surface area contributed by atoms with Crippen LogP contribution in [0.1, 0.15) is 96.0 Å². The molecule has 0 bridgehead atoms. The molecular weight excluding hydrogens is 470 g/mol. The largest absolute Gasteiger partial charge is 0.516 e. The van der Waals surface area contributed by atoms with Gasteiger partial charge in [0.05, 0.1) is 13.4 Å². The SMILES string of the molecule is CC.CC(=O)/C(=C\C=C/O)Cc1cc2c(cc1C)C(C)(C)CCC2(C)C.CCc1ccc(OC)cc1NC. The van der Waals surface area contributed by atoms with Crippen LogP contribution in [-0.2, 0) is 28.5 Å². The highest BCUT2D eigenvalue weighted by atomic mass is 16.5. The highest BCUT2D eigenvalue weighted by Gasteiger charge is 2.37. The number of hydrogen-bond donors (Lipinski definition) is 2. The Morgan fingerprint density at radius 3 is 2.08 bits per heavy atom. The first kappa shape index (κ1) is 33.0. The summed E-state index contributed by atoms with van der Waals surface area (Å²) >= 11 is 0. The van der Waals surface area contributed by atoms with Gasteiger partial charge < -0.3 is 15.2 Å². The highest BCUT2D eigenvalue weighted by Crippen LogP contribution is 2.46. The van der Waals surface area contributed by atoms with Gasteiger partial charge in [0.1, 0.15) is 5.75 Å². The van der Waals surface area contributed by atoms with Crippen LogP contribution in [0.2, 0.25) is 0 Å². The number of nitrogens with one attached hydrogen (secondary N) is 1. The molecule has 3 rings (SSSR count). The van der Waals surface area contributed by atoms with Crippen molar-refractivity contribution in [3.63, 3.8) is 0 Å². The summed E-state index contributed by atoms with van der Waals surface area (Å²) in [6.07, 6.45) is 8.21. The number of rotatable bonds is 7. The maximum atomic E-state index is 11.9. The van der Waals surface area contributed by atoms with E-state index in [1.165, 1.54) is 46.7 Å². The Morgan fingerprint density at radius 1 is 1.03 bits per heavy atom. The predicted molar refractivity (Wildman–Crippen MR) is 164 cm³/mol. The number of aliphatic hydroxyl groups excluding tert-OH is 1. The lowest BCUT2D eigenvalue weighted by Gasteiger charge is -2.42. The van der Waals surface area contributed by atoms with Crippen LogP contribution in [-0.4, -0.2) is 25.0 Å². The summed E-state index contributed by atoms with van der Waals surface area (Å²) in [5.74, 6) is 0.946. The first-order chi connectivity index (χ1) is 17.9. The van der Waals surface area contributed by atoms with Crippen LogP contribution in [0.5, 0.6) is 5.75 Å². The van der Waals surface area contributed by atoms with E-state index in [0.717, 1.165) is 29.7 Å². The molecule has 0 radical (unpaired) electrons. The van der Waals surface area contributed by atoms with Gasteiger partial charge in [0, 0.05) is 25.2 Å². The molecule has 2 N–H and O–H groups in total. The van der Waals surface area contributed by atoms with Crippen molar-refractivity contribution in [2.75, 3.05) is 19.5 Å². The van der Waals surface area contributed by atoms with E-state index < -0.39 is 0 Å². The molecule has 0 aromatic heterocycles. The van der Waals surface area contributed by atoms with Crippen LogP contribution in [0.4, 0.5) is 5.69 Å². The Morgan fingerprint density at radius 2 is 1.61 bits per heavy atom. The van der Waals surface area contributed by atoms with E-state index in [4.69, 9.17) is 9.84 Å². The monoisotopic (exact) mass is 521 g/mol. The standard InChI is InChI=1S/C22H30O2.C10H15NO.C2H6/c1-15-12-19-20(22(5,6)10-9-21(19,3)4)14-18(15)13-17(16(2)24)8-7-11-23;1-4-8-5-6-9(12-3)7-10(8)11-2;1-2/h7-8,11-12,14,23H,9-10,13H2,1-6H3;5-7,11H,4H2,1-3H3;1-2H3/b11-7-,17-8-;;. The third-order valence-electron chi connectivity index (χ3n) is 7.49. The fourth-order valence-electron chi connectivity index (χ4n) is 4.85. The average molecular weight is 522 g/mol. The first-order valence-electron chi connectivity index (χ1n) is 13.9. The second kappa shape index (κ2) is 14.8. The van der Waals surface area contributed by atoms with Crippen molar-refractivity contribution >= 4 is 11.5 Å². The molecule has 0 heterocycles. The topological polar surface area (TPSA) is 58.6 Å². The Kier molecular flexibility index (Phi) is 12.9. The second-order valence-electron chi connectivity index (χ2n) is 11.0. The van der Waals surface area contributed by atoms with Gasteiger partial charge in [0.15, 0.2) is 5.78 Å². The molecule has 38 heavy (non-hydrogen) atoms. The predicted octanol–water partition coefficient (Wildman–Crippen LogP) is 8.80. The number of ketones is 1. The third kappa shape index (κ3) is 8.51. The molecule has 0 atom stereocenters. The summed E-state index contributed by atoms with van der Waals surface area (Å²) in [7, 11) is 3.61. The number of anilines is 1. The normalized spacial score (nSPS) is 15.4. The minimum Gasteiger partial charge on any atom is -0.516 e. The molecule has 0 spiro atoms. The number of Topliss-reactive ketones (excluding diaryl/α,β-unsaturated/α-hetero) is 1. The van der Waals surface area contributed by atoms with Crippen molar-refractivity contribution in [3.05, 3.63) is 82.1 Å². The van der Waals surface area contributed by atoms with Crippen molar-refractivity contribution in [3.8, 4) is 5.75 Å².